The largest absolute Gasteiger partial charge is 0.331 e. The van der Waals surface area contributed by atoms with E-state index < -0.39 is 6.04 Å². The van der Waals surface area contributed by atoms with Gasteiger partial charge in [-0.15, -0.1) is 0 Å². The molecule has 2 rings (SSSR count). The summed E-state index contributed by atoms with van der Waals surface area (Å²) in [7, 11) is 0. The Bertz CT molecular complexity index is 605. The number of rotatable bonds is 3. The van der Waals surface area contributed by atoms with Crippen LogP contribution in [-0.4, -0.2) is 16.1 Å². The van der Waals surface area contributed by atoms with Crippen molar-refractivity contribution in [3.05, 3.63) is 52.8 Å². The molecule has 0 aliphatic carbocycles. The molecule has 0 fully saturated rings. The number of aryl methyl sites for hydroxylation is 2. The third-order valence-corrected chi connectivity index (χ3v) is 2.71. The number of nitriles is 1. The maximum Gasteiger partial charge on any atom is 0.252 e. The lowest BCUT2D eigenvalue weighted by Crippen LogP contribution is -2.28. The Morgan fingerprint density at radius 2 is 2.05 bits per heavy atom. The third-order valence-electron chi connectivity index (χ3n) is 2.71. The zero-order valence-corrected chi connectivity index (χ0v) is 10.8. The number of carbonyl (C=O) groups excluding carboxylic acids is 1. The molecule has 5 nitrogen and oxygen atoms in total. The van der Waals surface area contributed by atoms with Gasteiger partial charge >= 0.3 is 0 Å². The molecular formula is C14H14N4O. The van der Waals surface area contributed by atoms with Crippen molar-refractivity contribution in [2.75, 3.05) is 0 Å². The van der Waals surface area contributed by atoms with Gasteiger partial charge in [-0.2, -0.15) is 10.4 Å². The van der Waals surface area contributed by atoms with E-state index in [1.54, 1.807) is 24.4 Å². The molecule has 1 aromatic carbocycles. The zero-order valence-electron chi connectivity index (χ0n) is 10.8. The van der Waals surface area contributed by atoms with E-state index in [1.165, 1.54) is 0 Å². The molecule has 1 unspecified atom stereocenters. The van der Waals surface area contributed by atoms with Crippen LogP contribution < -0.4 is 5.32 Å². The van der Waals surface area contributed by atoms with Crippen LogP contribution >= 0.6 is 0 Å². The first kappa shape index (κ1) is 12.8. The Labute approximate surface area is 111 Å². The number of carbonyl (C=O) groups is 1. The first-order valence-electron chi connectivity index (χ1n) is 5.88. The first-order chi connectivity index (χ1) is 9.10. The highest BCUT2D eigenvalue weighted by Crippen LogP contribution is 2.12. The molecule has 0 aliphatic heterocycles. The Morgan fingerprint density at radius 3 is 2.58 bits per heavy atom. The summed E-state index contributed by atoms with van der Waals surface area (Å²) in [5, 5.41) is 18.3. The highest BCUT2D eigenvalue weighted by molar-refractivity contribution is 5.95. The molecule has 1 atom stereocenters. The van der Waals surface area contributed by atoms with Crippen LogP contribution in [0.4, 0.5) is 0 Å². The van der Waals surface area contributed by atoms with E-state index in [1.807, 2.05) is 26.0 Å². The SMILES string of the molecule is Cc1cc(C)cc(C(=O)NC(C#N)c2cc[nH]n2)c1. The van der Waals surface area contributed by atoms with E-state index in [4.69, 9.17) is 5.26 Å². The molecule has 96 valence electrons. The lowest BCUT2D eigenvalue weighted by molar-refractivity contribution is 0.0944. The molecule has 1 amide bonds. The Balaban J connectivity index is 2.19. The van der Waals surface area contributed by atoms with Crippen LogP contribution in [0.25, 0.3) is 0 Å². The Kier molecular flexibility index (Phi) is 3.62. The van der Waals surface area contributed by atoms with E-state index in [2.05, 4.69) is 15.5 Å². The van der Waals surface area contributed by atoms with Crippen molar-refractivity contribution >= 4 is 5.91 Å². The molecule has 1 heterocycles. The average Bonchev–Trinajstić information content (AvgIpc) is 2.88. The zero-order chi connectivity index (χ0) is 13.8. The maximum atomic E-state index is 12.1. The number of H-pyrrole nitrogens is 1. The molecule has 0 saturated carbocycles. The van der Waals surface area contributed by atoms with Gasteiger partial charge < -0.3 is 5.32 Å². The van der Waals surface area contributed by atoms with Gasteiger partial charge in [0.25, 0.3) is 5.91 Å². The fourth-order valence-electron chi connectivity index (χ4n) is 1.93. The summed E-state index contributed by atoms with van der Waals surface area (Å²) in [4.78, 5) is 12.1. The number of hydrogen-bond donors (Lipinski definition) is 2. The van der Waals surface area contributed by atoms with Crippen LogP contribution in [0.15, 0.2) is 30.5 Å². The molecule has 0 spiro atoms. The summed E-state index contributed by atoms with van der Waals surface area (Å²) in [5.74, 6) is -0.277. The molecule has 0 radical (unpaired) electrons. The van der Waals surface area contributed by atoms with Crippen molar-refractivity contribution in [3.63, 3.8) is 0 Å². The number of aromatic amines is 1. The first-order valence-corrected chi connectivity index (χ1v) is 5.88. The van der Waals surface area contributed by atoms with Gasteiger partial charge in [0.1, 0.15) is 0 Å². The monoisotopic (exact) mass is 254 g/mol. The summed E-state index contributed by atoms with van der Waals surface area (Å²) >= 11 is 0. The number of aromatic nitrogens is 2. The summed E-state index contributed by atoms with van der Waals surface area (Å²) in [6.45, 7) is 3.86. The number of amides is 1. The van der Waals surface area contributed by atoms with Crippen LogP contribution in [0.1, 0.15) is 33.2 Å². The van der Waals surface area contributed by atoms with Gasteiger partial charge in [-0.05, 0) is 32.0 Å². The van der Waals surface area contributed by atoms with Crippen molar-refractivity contribution < 1.29 is 4.79 Å². The normalized spacial score (nSPS) is 11.6. The van der Waals surface area contributed by atoms with Crippen LogP contribution in [0.5, 0.6) is 0 Å². The molecule has 0 saturated heterocycles. The Morgan fingerprint density at radius 1 is 1.37 bits per heavy atom. The predicted octanol–water partition coefficient (Wildman–Crippen LogP) is 2.02. The lowest BCUT2D eigenvalue weighted by atomic mass is 10.1. The third kappa shape index (κ3) is 2.99. The van der Waals surface area contributed by atoms with Crippen LogP contribution in [-0.2, 0) is 0 Å². The van der Waals surface area contributed by atoms with Crippen molar-refractivity contribution in [1.82, 2.24) is 15.5 Å². The highest BCUT2D eigenvalue weighted by atomic mass is 16.1. The van der Waals surface area contributed by atoms with Crippen molar-refractivity contribution in [2.45, 2.75) is 19.9 Å². The molecule has 0 bridgehead atoms. The molecule has 2 aromatic rings. The Hall–Kier alpha value is -2.61. The summed E-state index contributed by atoms with van der Waals surface area (Å²) in [5.41, 5.74) is 3.07. The minimum atomic E-state index is -0.750. The van der Waals surface area contributed by atoms with E-state index in [9.17, 15) is 4.79 Å². The number of benzene rings is 1. The van der Waals surface area contributed by atoms with E-state index in [0.29, 0.717) is 11.3 Å². The van der Waals surface area contributed by atoms with Gasteiger partial charge in [0.15, 0.2) is 6.04 Å². The van der Waals surface area contributed by atoms with Gasteiger partial charge in [0.2, 0.25) is 0 Å². The lowest BCUT2D eigenvalue weighted by Gasteiger charge is -2.10. The fourth-order valence-corrected chi connectivity index (χ4v) is 1.93. The maximum absolute atomic E-state index is 12.1. The second-order valence-corrected chi connectivity index (χ2v) is 4.41. The van der Waals surface area contributed by atoms with Gasteiger partial charge in [-0.25, -0.2) is 0 Å². The van der Waals surface area contributed by atoms with Crippen molar-refractivity contribution in [2.24, 2.45) is 0 Å². The highest BCUT2D eigenvalue weighted by Gasteiger charge is 2.17. The average molecular weight is 254 g/mol. The van der Waals surface area contributed by atoms with E-state index in [-0.39, 0.29) is 5.91 Å². The number of hydrogen-bond acceptors (Lipinski definition) is 3. The van der Waals surface area contributed by atoms with Crippen LogP contribution in [0.2, 0.25) is 0 Å². The minimum Gasteiger partial charge on any atom is -0.331 e. The van der Waals surface area contributed by atoms with E-state index >= 15 is 0 Å². The van der Waals surface area contributed by atoms with Crippen molar-refractivity contribution in [1.29, 1.82) is 5.26 Å². The van der Waals surface area contributed by atoms with Crippen LogP contribution in [0, 0.1) is 25.2 Å². The van der Waals surface area contributed by atoms with Gasteiger partial charge in [0.05, 0.1) is 11.8 Å². The smallest absolute Gasteiger partial charge is 0.252 e. The number of nitrogens with one attached hydrogen (secondary N) is 2. The second kappa shape index (κ2) is 5.36. The quantitative estimate of drug-likeness (QED) is 0.879. The molecule has 2 N–H and O–H groups in total. The summed E-state index contributed by atoms with van der Waals surface area (Å²) in [6.07, 6.45) is 1.61. The van der Waals surface area contributed by atoms with Gasteiger partial charge in [0, 0.05) is 11.8 Å². The minimum absolute atomic E-state index is 0.277. The predicted molar refractivity (Wildman–Crippen MR) is 70.3 cm³/mol. The summed E-state index contributed by atoms with van der Waals surface area (Å²) in [6, 6.07) is 8.51. The second-order valence-electron chi connectivity index (χ2n) is 4.41. The molecule has 0 aliphatic rings. The van der Waals surface area contributed by atoms with E-state index in [0.717, 1.165) is 11.1 Å². The van der Waals surface area contributed by atoms with Gasteiger partial charge in [-0.1, -0.05) is 17.2 Å². The molecular weight excluding hydrogens is 240 g/mol. The van der Waals surface area contributed by atoms with Crippen LogP contribution in [0.3, 0.4) is 0 Å². The number of nitrogens with zero attached hydrogens (tertiary/aromatic N) is 2. The molecule has 19 heavy (non-hydrogen) atoms. The molecule has 1 aromatic heterocycles. The van der Waals surface area contributed by atoms with Crippen molar-refractivity contribution in [3.8, 4) is 6.07 Å². The summed E-state index contributed by atoms with van der Waals surface area (Å²) < 4.78 is 0. The topological polar surface area (TPSA) is 81.6 Å². The van der Waals surface area contributed by atoms with Gasteiger partial charge in [-0.3, -0.25) is 9.89 Å². The fraction of sp³-hybridized carbons (Fsp3) is 0.214. The molecule has 5 heteroatoms. The standard InChI is InChI=1S/C14H14N4O/c1-9-5-10(2)7-11(6-9)14(19)17-13(8-15)12-3-4-16-18-12/h3-7,13H,1-2H3,(H,16,18)(H,17,19).